The fraction of sp³-hybridized carbons (Fsp3) is 0.400. The molecule has 0 bridgehead atoms. The molecule has 0 fully saturated rings. The van der Waals surface area contributed by atoms with Gasteiger partial charge in [0.05, 0.1) is 0 Å². The van der Waals surface area contributed by atoms with E-state index in [0.717, 1.165) is 25.2 Å². The van der Waals surface area contributed by atoms with E-state index >= 15 is 0 Å². The molecular formula is C25H37NO. The van der Waals surface area contributed by atoms with Gasteiger partial charge in [0, 0.05) is 12.4 Å². The predicted molar refractivity (Wildman–Crippen MR) is 119 cm³/mol. The molecule has 1 aliphatic rings. The van der Waals surface area contributed by atoms with Gasteiger partial charge in [-0.2, -0.15) is 0 Å². The van der Waals surface area contributed by atoms with Crippen LogP contribution in [0.1, 0.15) is 58.9 Å². The zero-order valence-electron chi connectivity index (χ0n) is 17.8. The van der Waals surface area contributed by atoms with Crippen molar-refractivity contribution in [3.05, 3.63) is 84.2 Å². The van der Waals surface area contributed by atoms with Crippen molar-refractivity contribution in [2.75, 3.05) is 6.61 Å². The summed E-state index contributed by atoms with van der Waals surface area (Å²) in [5.41, 5.74) is 2.57. The molecule has 2 nitrogen and oxygen atoms in total. The summed E-state index contributed by atoms with van der Waals surface area (Å²) >= 11 is 0. The Labute approximate surface area is 167 Å². The maximum Gasteiger partial charge on any atom is 0.122 e. The van der Waals surface area contributed by atoms with E-state index in [1.165, 1.54) is 24.0 Å². The predicted octanol–water partition coefficient (Wildman–Crippen LogP) is 7.56. The number of rotatable bonds is 4. The molecule has 1 aromatic carbocycles. The Balaban J connectivity index is 0.000000465. The Hall–Kier alpha value is -2.35. The monoisotopic (exact) mass is 367 g/mol. The number of aromatic nitrogens is 1. The lowest BCUT2D eigenvalue weighted by Gasteiger charge is -2.12. The quantitative estimate of drug-likeness (QED) is 0.556. The second-order valence-electron chi connectivity index (χ2n) is 5.87. The number of para-hydroxylation sites is 1. The first kappa shape index (κ1) is 24.7. The second-order valence-corrected chi connectivity index (χ2v) is 5.87. The minimum Gasteiger partial charge on any atom is -0.489 e. The van der Waals surface area contributed by atoms with Crippen LogP contribution in [0.5, 0.6) is 5.75 Å². The molecule has 0 aliphatic heterocycles. The summed E-state index contributed by atoms with van der Waals surface area (Å²) in [5.74, 6) is 0.993. The van der Waals surface area contributed by atoms with Crippen molar-refractivity contribution in [2.24, 2.45) is 0 Å². The number of hydrogen-bond acceptors (Lipinski definition) is 2. The van der Waals surface area contributed by atoms with E-state index in [9.17, 15) is 0 Å². The lowest BCUT2D eigenvalue weighted by atomic mass is 10.1. The Morgan fingerprint density at radius 2 is 1.59 bits per heavy atom. The van der Waals surface area contributed by atoms with Crippen molar-refractivity contribution in [1.82, 2.24) is 4.98 Å². The fourth-order valence-corrected chi connectivity index (χ4v) is 1.97. The Bertz CT molecular complexity index is 589. The Morgan fingerprint density at radius 3 is 2.04 bits per heavy atom. The number of aryl methyl sites for hydroxylation is 1. The van der Waals surface area contributed by atoms with Crippen molar-refractivity contribution in [2.45, 2.75) is 60.3 Å². The van der Waals surface area contributed by atoms with Crippen LogP contribution in [-0.4, -0.2) is 11.6 Å². The summed E-state index contributed by atoms with van der Waals surface area (Å²) in [6.45, 7) is 11.2. The van der Waals surface area contributed by atoms with Gasteiger partial charge in [0.2, 0.25) is 0 Å². The van der Waals surface area contributed by atoms with Crippen LogP contribution in [0.4, 0.5) is 0 Å². The van der Waals surface area contributed by atoms with Gasteiger partial charge in [0.25, 0.3) is 0 Å². The van der Waals surface area contributed by atoms with Crippen LogP contribution in [0.2, 0.25) is 0 Å². The van der Waals surface area contributed by atoms with Gasteiger partial charge >= 0.3 is 0 Å². The maximum absolute atomic E-state index is 5.77. The van der Waals surface area contributed by atoms with Crippen LogP contribution in [0.3, 0.4) is 0 Å². The van der Waals surface area contributed by atoms with Gasteiger partial charge in [-0.05, 0) is 49.1 Å². The SMILES string of the molecule is CC.CCCC.Cc1ccccc1OCC1=CC=CCC1.c1ccncc1. The van der Waals surface area contributed by atoms with E-state index in [1.807, 2.05) is 50.2 Å². The summed E-state index contributed by atoms with van der Waals surface area (Å²) in [6, 6.07) is 13.9. The molecule has 1 heterocycles. The van der Waals surface area contributed by atoms with Gasteiger partial charge in [-0.1, -0.05) is 83.0 Å². The number of nitrogens with zero attached hydrogens (tertiary/aromatic N) is 1. The fourth-order valence-electron chi connectivity index (χ4n) is 1.97. The number of allylic oxidation sites excluding steroid dienone is 3. The normalized spacial score (nSPS) is 11.4. The third kappa shape index (κ3) is 13.5. The molecule has 0 spiro atoms. The van der Waals surface area contributed by atoms with Gasteiger partial charge in [0.15, 0.2) is 0 Å². The van der Waals surface area contributed by atoms with Crippen LogP contribution in [-0.2, 0) is 0 Å². The van der Waals surface area contributed by atoms with Crippen LogP contribution >= 0.6 is 0 Å². The van der Waals surface area contributed by atoms with Crippen LogP contribution < -0.4 is 4.74 Å². The number of ether oxygens (including phenoxy) is 1. The molecule has 0 saturated carbocycles. The van der Waals surface area contributed by atoms with Gasteiger partial charge in [-0.3, -0.25) is 4.98 Å². The summed E-state index contributed by atoms with van der Waals surface area (Å²) in [5, 5.41) is 0. The van der Waals surface area contributed by atoms with Crippen molar-refractivity contribution in [3.8, 4) is 5.75 Å². The molecule has 1 aliphatic carbocycles. The molecule has 1 aromatic heterocycles. The van der Waals surface area contributed by atoms with E-state index < -0.39 is 0 Å². The molecule has 0 amide bonds. The average molecular weight is 368 g/mol. The first-order valence-electron chi connectivity index (χ1n) is 10.2. The smallest absolute Gasteiger partial charge is 0.122 e. The Kier molecular flexibility index (Phi) is 16.8. The summed E-state index contributed by atoms with van der Waals surface area (Å²) in [6.07, 6.45) is 14.9. The first-order chi connectivity index (χ1) is 13.3. The molecule has 0 unspecified atom stereocenters. The van der Waals surface area contributed by atoms with Crippen LogP contribution in [0.15, 0.2) is 78.7 Å². The average Bonchev–Trinajstić information content (AvgIpc) is 2.77. The molecule has 0 N–H and O–H groups in total. The van der Waals surface area contributed by atoms with Crippen LogP contribution in [0.25, 0.3) is 0 Å². The van der Waals surface area contributed by atoms with E-state index in [-0.39, 0.29) is 0 Å². The van der Waals surface area contributed by atoms with E-state index in [1.54, 1.807) is 12.4 Å². The lowest BCUT2D eigenvalue weighted by Crippen LogP contribution is -2.03. The van der Waals surface area contributed by atoms with Gasteiger partial charge in [-0.15, -0.1) is 0 Å². The van der Waals surface area contributed by atoms with E-state index in [4.69, 9.17) is 4.74 Å². The van der Waals surface area contributed by atoms with Crippen molar-refractivity contribution < 1.29 is 4.74 Å². The number of benzene rings is 1. The van der Waals surface area contributed by atoms with E-state index in [0.29, 0.717) is 0 Å². The maximum atomic E-state index is 5.77. The lowest BCUT2D eigenvalue weighted by molar-refractivity contribution is 0.345. The van der Waals surface area contributed by atoms with Crippen molar-refractivity contribution in [1.29, 1.82) is 0 Å². The molecular weight excluding hydrogens is 330 g/mol. The summed E-state index contributed by atoms with van der Waals surface area (Å²) in [7, 11) is 0. The molecule has 0 saturated heterocycles. The standard InChI is InChI=1S/C14H16O.C5H5N.C4H10.C2H6/c1-12-7-5-6-10-14(12)15-11-13-8-3-2-4-9-13;1-2-4-6-5-3-1;1-3-4-2;1-2/h2-3,5-8,10H,4,9,11H2,1H3;1-5H;3-4H2,1-2H3;1-2H3. The minimum atomic E-state index is 0.717. The molecule has 2 aromatic rings. The second kappa shape index (κ2) is 18.4. The molecule has 2 heteroatoms. The summed E-state index contributed by atoms with van der Waals surface area (Å²) < 4.78 is 5.77. The molecule has 148 valence electrons. The van der Waals surface area contributed by atoms with Crippen molar-refractivity contribution in [3.63, 3.8) is 0 Å². The number of hydrogen-bond donors (Lipinski definition) is 0. The van der Waals surface area contributed by atoms with Gasteiger partial charge in [0.1, 0.15) is 12.4 Å². The third-order valence-corrected chi connectivity index (χ3v) is 3.67. The zero-order chi connectivity index (χ0) is 20.2. The highest BCUT2D eigenvalue weighted by Crippen LogP contribution is 2.19. The molecule has 3 rings (SSSR count). The van der Waals surface area contributed by atoms with E-state index in [2.05, 4.69) is 50.0 Å². The number of unbranched alkanes of at least 4 members (excludes halogenated alkanes) is 1. The number of pyridine rings is 1. The zero-order valence-corrected chi connectivity index (χ0v) is 17.8. The topological polar surface area (TPSA) is 22.1 Å². The van der Waals surface area contributed by atoms with Crippen LogP contribution in [0, 0.1) is 6.92 Å². The molecule has 0 atom stereocenters. The molecule has 27 heavy (non-hydrogen) atoms. The third-order valence-electron chi connectivity index (χ3n) is 3.67. The minimum absolute atomic E-state index is 0.717. The van der Waals surface area contributed by atoms with Crippen molar-refractivity contribution >= 4 is 0 Å². The van der Waals surface area contributed by atoms with Gasteiger partial charge < -0.3 is 4.74 Å². The molecule has 0 radical (unpaired) electrons. The highest BCUT2D eigenvalue weighted by atomic mass is 16.5. The Morgan fingerprint density at radius 1 is 0.926 bits per heavy atom. The largest absolute Gasteiger partial charge is 0.489 e. The highest BCUT2D eigenvalue weighted by Gasteiger charge is 2.02. The highest BCUT2D eigenvalue weighted by molar-refractivity contribution is 5.32. The first-order valence-corrected chi connectivity index (χ1v) is 10.2. The van der Waals surface area contributed by atoms with Gasteiger partial charge in [-0.25, -0.2) is 0 Å². The summed E-state index contributed by atoms with van der Waals surface area (Å²) in [4.78, 5) is 3.78.